The molecule has 1 aliphatic heterocycles. The van der Waals surface area contributed by atoms with Crippen molar-refractivity contribution in [3.63, 3.8) is 0 Å². The van der Waals surface area contributed by atoms with Gasteiger partial charge in [0.15, 0.2) is 11.7 Å². The molecule has 3 aromatic heterocycles. The van der Waals surface area contributed by atoms with Crippen molar-refractivity contribution in [3.8, 4) is 5.00 Å². The van der Waals surface area contributed by atoms with E-state index in [1.807, 2.05) is 32.9 Å². The molecule has 1 aromatic carbocycles. The lowest BCUT2D eigenvalue weighted by molar-refractivity contribution is 0.467. The fraction of sp³-hybridized carbons (Fsp3) is 0.333. The lowest BCUT2D eigenvalue weighted by Crippen LogP contribution is -2.10. The van der Waals surface area contributed by atoms with Crippen LogP contribution in [0.3, 0.4) is 0 Å². The Balaban J connectivity index is 1.76. The number of aliphatic imine (C=N–C) groups is 1. The third kappa shape index (κ3) is 3.30. The van der Waals surface area contributed by atoms with Crippen molar-refractivity contribution in [2.75, 3.05) is 0 Å². The smallest absolute Gasteiger partial charge is 0.196 e. The Morgan fingerprint density at radius 2 is 2.00 bits per heavy atom. The van der Waals surface area contributed by atoms with Crippen LogP contribution in [-0.2, 0) is 6.42 Å². The maximum atomic E-state index is 15.0. The third-order valence-electron chi connectivity index (χ3n) is 5.99. The Morgan fingerprint density at radius 1 is 1.19 bits per heavy atom. The van der Waals surface area contributed by atoms with E-state index in [0.717, 1.165) is 39.1 Å². The van der Waals surface area contributed by atoms with Crippen LogP contribution in [0, 0.1) is 26.6 Å². The van der Waals surface area contributed by atoms with E-state index < -0.39 is 0 Å². The van der Waals surface area contributed by atoms with Gasteiger partial charge in [-0.2, -0.15) is 0 Å². The van der Waals surface area contributed by atoms with Crippen LogP contribution < -0.4 is 0 Å². The zero-order valence-electron chi connectivity index (χ0n) is 18.7. The Bertz CT molecular complexity index is 1330. The van der Waals surface area contributed by atoms with E-state index in [-0.39, 0.29) is 17.8 Å². The first-order valence-electron chi connectivity index (χ1n) is 10.6. The number of oxazole rings is 1. The van der Waals surface area contributed by atoms with Gasteiger partial charge in [-0.05, 0) is 43.9 Å². The first-order chi connectivity index (χ1) is 15.3. The number of thiophene rings is 1. The van der Waals surface area contributed by atoms with Gasteiger partial charge in [-0.25, -0.2) is 9.37 Å². The molecule has 32 heavy (non-hydrogen) atoms. The SMILES string of the molecule is Cc1sc2c(c1C)C(c1ccc(C(C)C)c(F)c1)=N[C@@H](Cc1ncco1)c1nnc(C)n1-2. The zero-order chi connectivity index (χ0) is 22.6. The van der Waals surface area contributed by atoms with E-state index in [4.69, 9.17) is 9.41 Å². The number of aromatic nitrogens is 4. The van der Waals surface area contributed by atoms with Gasteiger partial charge in [0.2, 0.25) is 0 Å². The second kappa shape index (κ2) is 7.78. The van der Waals surface area contributed by atoms with E-state index in [2.05, 4.69) is 33.6 Å². The zero-order valence-corrected chi connectivity index (χ0v) is 19.5. The van der Waals surface area contributed by atoms with Crippen LogP contribution in [0.1, 0.15) is 70.5 Å². The largest absolute Gasteiger partial charge is 0.449 e. The maximum absolute atomic E-state index is 15.0. The number of aryl methyl sites for hydroxylation is 2. The minimum Gasteiger partial charge on any atom is -0.449 e. The van der Waals surface area contributed by atoms with Crippen molar-refractivity contribution in [2.24, 2.45) is 4.99 Å². The molecule has 0 fully saturated rings. The molecule has 8 heteroatoms. The molecule has 0 aliphatic carbocycles. The summed E-state index contributed by atoms with van der Waals surface area (Å²) in [6.45, 7) is 10.1. The fourth-order valence-corrected chi connectivity index (χ4v) is 5.40. The number of halogens is 1. The van der Waals surface area contributed by atoms with Crippen molar-refractivity contribution >= 4 is 17.0 Å². The van der Waals surface area contributed by atoms with Gasteiger partial charge in [0.05, 0.1) is 18.3 Å². The number of benzene rings is 1. The molecule has 1 aliphatic rings. The number of hydrogen-bond donors (Lipinski definition) is 0. The molecule has 6 nitrogen and oxygen atoms in total. The van der Waals surface area contributed by atoms with Crippen molar-refractivity contribution < 1.29 is 8.81 Å². The van der Waals surface area contributed by atoms with Gasteiger partial charge in [-0.3, -0.25) is 9.56 Å². The van der Waals surface area contributed by atoms with Crippen LogP contribution in [0.15, 0.2) is 40.1 Å². The highest BCUT2D eigenvalue weighted by Gasteiger charge is 2.32. The number of fused-ring (bicyclic) bond motifs is 3. The summed E-state index contributed by atoms with van der Waals surface area (Å²) < 4.78 is 22.6. The van der Waals surface area contributed by atoms with E-state index >= 15 is 4.39 Å². The fourth-order valence-electron chi connectivity index (χ4n) is 4.19. The van der Waals surface area contributed by atoms with E-state index in [9.17, 15) is 0 Å². The van der Waals surface area contributed by atoms with Gasteiger partial charge in [-0.1, -0.05) is 26.0 Å². The molecule has 5 rings (SSSR count). The molecule has 0 saturated heterocycles. The average molecular weight is 450 g/mol. The predicted octanol–water partition coefficient (Wildman–Crippen LogP) is 5.64. The molecule has 0 spiro atoms. The normalized spacial score (nSPS) is 15.5. The Morgan fingerprint density at radius 3 is 2.69 bits per heavy atom. The molecule has 1 atom stereocenters. The standard InChI is InChI=1S/C24H24FN5OS/c1-12(2)17-7-6-16(10-18(17)25)22-21-13(3)14(4)32-24(21)30-15(5)28-29-23(30)19(27-22)11-20-26-8-9-31-20/h6-10,12,19H,11H2,1-5H3/t19-/m0/s1. The van der Waals surface area contributed by atoms with Crippen LogP contribution in [0.25, 0.3) is 5.00 Å². The molecular formula is C24H24FN5OS. The lowest BCUT2D eigenvalue weighted by atomic mass is 9.95. The van der Waals surface area contributed by atoms with Crippen LogP contribution >= 0.6 is 11.3 Å². The van der Waals surface area contributed by atoms with Gasteiger partial charge in [-0.15, -0.1) is 21.5 Å². The molecule has 0 amide bonds. The maximum Gasteiger partial charge on any atom is 0.196 e. The first kappa shape index (κ1) is 20.8. The first-order valence-corrected chi connectivity index (χ1v) is 11.5. The molecule has 0 saturated carbocycles. The monoisotopic (exact) mass is 449 g/mol. The Labute approximate surface area is 189 Å². The van der Waals surface area contributed by atoms with Crippen LogP contribution in [-0.4, -0.2) is 25.5 Å². The van der Waals surface area contributed by atoms with E-state index in [1.54, 1.807) is 29.9 Å². The summed E-state index contributed by atoms with van der Waals surface area (Å²) in [5.74, 6) is 1.99. The molecule has 4 heterocycles. The van der Waals surface area contributed by atoms with Crippen LogP contribution in [0.5, 0.6) is 0 Å². The highest BCUT2D eigenvalue weighted by atomic mass is 32.1. The molecule has 0 N–H and O–H groups in total. The van der Waals surface area contributed by atoms with Gasteiger partial charge in [0, 0.05) is 16.0 Å². The van der Waals surface area contributed by atoms with Crippen molar-refractivity contribution in [3.05, 3.63) is 81.1 Å². The number of nitrogens with zero attached hydrogens (tertiary/aromatic N) is 5. The minimum absolute atomic E-state index is 0.109. The van der Waals surface area contributed by atoms with Gasteiger partial charge in [0.1, 0.15) is 28.9 Å². The summed E-state index contributed by atoms with van der Waals surface area (Å²) in [5, 5.41) is 9.82. The summed E-state index contributed by atoms with van der Waals surface area (Å²) in [6.07, 6.45) is 3.61. The molecule has 4 aromatic rings. The highest BCUT2D eigenvalue weighted by Crippen LogP contribution is 2.39. The molecule has 0 radical (unpaired) electrons. The van der Waals surface area contributed by atoms with Crippen molar-refractivity contribution in [1.82, 2.24) is 19.7 Å². The van der Waals surface area contributed by atoms with Gasteiger partial charge >= 0.3 is 0 Å². The molecule has 0 bridgehead atoms. The Kier molecular flexibility index (Phi) is 5.04. The summed E-state index contributed by atoms with van der Waals surface area (Å²) in [4.78, 5) is 10.6. The summed E-state index contributed by atoms with van der Waals surface area (Å²) in [6, 6.07) is 5.07. The molecular weight excluding hydrogens is 425 g/mol. The quantitative estimate of drug-likeness (QED) is 0.404. The highest BCUT2D eigenvalue weighted by molar-refractivity contribution is 7.15. The van der Waals surface area contributed by atoms with E-state index in [1.165, 1.54) is 4.88 Å². The Hall–Kier alpha value is -3.13. The third-order valence-corrected chi connectivity index (χ3v) is 7.18. The minimum atomic E-state index is -0.364. The summed E-state index contributed by atoms with van der Waals surface area (Å²) in [7, 11) is 0. The topological polar surface area (TPSA) is 69.1 Å². The van der Waals surface area contributed by atoms with Gasteiger partial charge in [0.25, 0.3) is 0 Å². The molecule has 0 unspecified atom stereocenters. The summed E-state index contributed by atoms with van der Waals surface area (Å²) >= 11 is 1.68. The average Bonchev–Trinajstić information content (AvgIpc) is 3.44. The number of rotatable bonds is 4. The van der Waals surface area contributed by atoms with E-state index in [0.29, 0.717) is 17.9 Å². The van der Waals surface area contributed by atoms with Crippen LogP contribution in [0.2, 0.25) is 0 Å². The van der Waals surface area contributed by atoms with Gasteiger partial charge < -0.3 is 4.42 Å². The summed E-state index contributed by atoms with van der Waals surface area (Å²) in [5.41, 5.74) is 4.35. The predicted molar refractivity (Wildman–Crippen MR) is 123 cm³/mol. The number of hydrogen-bond acceptors (Lipinski definition) is 6. The second-order valence-electron chi connectivity index (χ2n) is 8.42. The van der Waals surface area contributed by atoms with Crippen molar-refractivity contribution in [1.29, 1.82) is 0 Å². The second-order valence-corrected chi connectivity index (χ2v) is 9.62. The lowest BCUT2D eigenvalue weighted by Gasteiger charge is -2.13. The van der Waals surface area contributed by atoms with Crippen LogP contribution in [0.4, 0.5) is 4.39 Å². The molecule has 164 valence electrons. The van der Waals surface area contributed by atoms with Crippen molar-refractivity contribution in [2.45, 2.75) is 53.0 Å².